The molecule has 7 heteroatoms. The molecule has 1 heterocycles. The number of hydrogen-bond donors (Lipinski definition) is 1. The molecule has 0 spiro atoms. The minimum atomic E-state index is -0.493. The number of hydrogen-bond acceptors (Lipinski definition) is 5. The summed E-state index contributed by atoms with van der Waals surface area (Å²) >= 11 is 0. The predicted octanol–water partition coefficient (Wildman–Crippen LogP) is 4.32. The van der Waals surface area contributed by atoms with Crippen LogP contribution in [0, 0.1) is 27.9 Å². The van der Waals surface area contributed by atoms with Gasteiger partial charge in [0.15, 0.2) is 11.5 Å². The van der Waals surface area contributed by atoms with E-state index in [1.165, 1.54) is 37.8 Å². The maximum atomic E-state index is 12.5. The number of benzene rings is 1. The fourth-order valence-electron chi connectivity index (χ4n) is 4.75. The quantitative estimate of drug-likeness (QED) is 0.567. The molecule has 2 aliphatic rings. The molecule has 1 amide bonds. The molecule has 2 fully saturated rings. The molecule has 4 rings (SSSR count). The number of carbonyl (C=O) groups excluding carboxylic acids is 1. The van der Waals surface area contributed by atoms with E-state index in [2.05, 4.69) is 12.2 Å². The first-order chi connectivity index (χ1) is 13.5. The maximum absolute atomic E-state index is 12.5. The molecule has 2 aromatic rings. The Morgan fingerprint density at radius 1 is 1.29 bits per heavy atom. The third-order valence-electron chi connectivity index (χ3n) is 6.11. The van der Waals surface area contributed by atoms with Crippen LogP contribution in [0.5, 0.6) is 5.75 Å². The van der Waals surface area contributed by atoms with E-state index < -0.39 is 4.92 Å². The fraction of sp³-hybridized carbons (Fsp3) is 0.476. The van der Waals surface area contributed by atoms with Crippen molar-refractivity contribution in [3.05, 3.63) is 58.0 Å². The number of para-hydroxylation sites is 2. The number of furan rings is 1. The Morgan fingerprint density at radius 2 is 2.11 bits per heavy atom. The Kier molecular flexibility index (Phi) is 5.07. The highest BCUT2D eigenvalue weighted by Gasteiger charge is 2.42. The highest BCUT2D eigenvalue weighted by molar-refractivity contribution is 5.91. The molecular formula is C21H24N2O5. The van der Waals surface area contributed by atoms with Gasteiger partial charge < -0.3 is 14.5 Å². The molecule has 2 bridgehead atoms. The van der Waals surface area contributed by atoms with E-state index in [-0.39, 0.29) is 35.8 Å². The van der Waals surface area contributed by atoms with Gasteiger partial charge >= 0.3 is 5.69 Å². The average Bonchev–Trinajstić information content (AvgIpc) is 3.43. The van der Waals surface area contributed by atoms with Crippen LogP contribution in [-0.2, 0) is 6.61 Å². The Balaban J connectivity index is 1.34. The van der Waals surface area contributed by atoms with Crippen molar-refractivity contribution in [1.29, 1.82) is 0 Å². The van der Waals surface area contributed by atoms with Crippen molar-refractivity contribution in [2.75, 3.05) is 0 Å². The van der Waals surface area contributed by atoms with Gasteiger partial charge in [-0.2, -0.15) is 0 Å². The second-order valence-corrected chi connectivity index (χ2v) is 7.88. The number of nitrogens with zero attached hydrogens (tertiary/aromatic N) is 1. The number of nitro groups is 1. The number of amides is 1. The molecule has 0 unspecified atom stereocenters. The van der Waals surface area contributed by atoms with Crippen LogP contribution in [0.2, 0.25) is 0 Å². The molecule has 2 aliphatic carbocycles. The van der Waals surface area contributed by atoms with Gasteiger partial charge in [0.05, 0.1) is 4.92 Å². The molecule has 7 nitrogen and oxygen atoms in total. The summed E-state index contributed by atoms with van der Waals surface area (Å²) in [7, 11) is 0. The van der Waals surface area contributed by atoms with Gasteiger partial charge in [-0.1, -0.05) is 18.6 Å². The number of rotatable bonds is 7. The van der Waals surface area contributed by atoms with Gasteiger partial charge in [-0.3, -0.25) is 14.9 Å². The lowest BCUT2D eigenvalue weighted by atomic mass is 9.84. The summed E-state index contributed by atoms with van der Waals surface area (Å²) in [5.74, 6) is 2.74. The van der Waals surface area contributed by atoms with E-state index in [0.717, 1.165) is 11.8 Å². The normalized spacial score (nSPS) is 24.1. The molecule has 2 saturated carbocycles. The van der Waals surface area contributed by atoms with Crippen LogP contribution < -0.4 is 10.1 Å². The minimum Gasteiger partial charge on any atom is -0.479 e. The molecule has 0 radical (unpaired) electrons. The lowest BCUT2D eigenvalue weighted by Gasteiger charge is -2.28. The molecular weight excluding hydrogens is 360 g/mol. The van der Waals surface area contributed by atoms with E-state index in [1.807, 2.05) is 0 Å². The van der Waals surface area contributed by atoms with Crippen molar-refractivity contribution < 1.29 is 18.9 Å². The van der Waals surface area contributed by atoms with E-state index in [0.29, 0.717) is 11.7 Å². The second kappa shape index (κ2) is 7.66. The van der Waals surface area contributed by atoms with Gasteiger partial charge in [-0.15, -0.1) is 0 Å². The van der Waals surface area contributed by atoms with E-state index in [1.54, 1.807) is 24.3 Å². The van der Waals surface area contributed by atoms with Crippen LogP contribution in [0.3, 0.4) is 0 Å². The van der Waals surface area contributed by atoms with Gasteiger partial charge in [-0.25, -0.2) is 0 Å². The predicted molar refractivity (Wildman–Crippen MR) is 102 cm³/mol. The average molecular weight is 384 g/mol. The van der Waals surface area contributed by atoms with Crippen LogP contribution >= 0.6 is 0 Å². The first-order valence-corrected chi connectivity index (χ1v) is 9.77. The second-order valence-electron chi connectivity index (χ2n) is 7.88. The van der Waals surface area contributed by atoms with Crippen molar-refractivity contribution >= 4 is 11.6 Å². The number of nitro benzene ring substituents is 1. The van der Waals surface area contributed by atoms with Gasteiger partial charge in [-0.05, 0) is 62.1 Å². The Hall–Kier alpha value is -2.83. The zero-order valence-corrected chi connectivity index (χ0v) is 15.8. The molecule has 1 aromatic heterocycles. The highest BCUT2D eigenvalue weighted by atomic mass is 16.6. The largest absolute Gasteiger partial charge is 0.479 e. The summed E-state index contributed by atoms with van der Waals surface area (Å²) in [6.07, 6.45) is 5.13. The SMILES string of the molecule is C[C@@H](NC(=O)c1ccc(COc2ccccc2[N+](=O)[O-])o1)[C@@H]1C[C@H]2CC[C@H]1C2. The van der Waals surface area contributed by atoms with Gasteiger partial charge in [0.2, 0.25) is 0 Å². The third-order valence-corrected chi connectivity index (χ3v) is 6.11. The molecule has 0 saturated heterocycles. The lowest BCUT2D eigenvalue weighted by molar-refractivity contribution is -0.386. The van der Waals surface area contributed by atoms with Crippen LogP contribution in [0.4, 0.5) is 5.69 Å². The summed E-state index contributed by atoms with van der Waals surface area (Å²) in [5.41, 5.74) is -0.105. The van der Waals surface area contributed by atoms with E-state index in [9.17, 15) is 14.9 Å². The zero-order valence-electron chi connectivity index (χ0n) is 15.8. The van der Waals surface area contributed by atoms with Crippen molar-refractivity contribution in [2.24, 2.45) is 17.8 Å². The number of ether oxygens (including phenoxy) is 1. The molecule has 4 atom stereocenters. The van der Waals surface area contributed by atoms with Gasteiger partial charge in [0.25, 0.3) is 5.91 Å². The lowest BCUT2D eigenvalue weighted by Crippen LogP contribution is -2.40. The van der Waals surface area contributed by atoms with Crippen molar-refractivity contribution in [1.82, 2.24) is 5.32 Å². The number of nitrogens with one attached hydrogen (secondary N) is 1. The van der Waals surface area contributed by atoms with Crippen molar-refractivity contribution in [2.45, 2.75) is 45.3 Å². The summed E-state index contributed by atoms with van der Waals surface area (Å²) < 4.78 is 11.1. The Morgan fingerprint density at radius 3 is 2.82 bits per heavy atom. The Bertz CT molecular complexity index is 877. The van der Waals surface area contributed by atoms with Crippen LogP contribution in [0.15, 0.2) is 40.8 Å². The first kappa shape index (κ1) is 18.5. The number of fused-ring (bicyclic) bond motifs is 2. The van der Waals surface area contributed by atoms with Gasteiger partial charge in [0, 0.05) is 12.1 Å². The minimum absolute atomic E-state index is 0.0140. The van der Waals surface area contributed by atoms with Crippen molar-refractivity contribution in [3.8, 4) is 5.75 Å². The van der Waals surface area contributed by atoms with Crippen molar-refractivity contribution in [3.63, 3.8) is 0 Å². The topological polar surface area (TPSA) is 94.6 Å². The van der Waals surface area contributed by atoms with E-state index in [4.69, 9.17) is 9.15 Å². The third kappa shape index (κ3) is 3.74. The van der Waals surface area contributed by atoms with E-state index >= 15 is 0 Å². The molecule has 148 valence electrons. The van der Waals surface area contributed by atoms with Gasteiger partial charge in [0.1, 0.15) is 12.4 Å². The summed E-state index contributed by atoms with van der Waals surface area (Å²) in [6.45, 7) is 2.09. The first-order valence-electron chi connectivity index (χ1n) is 9.77. The standard InChI is InChI=1S/C21H24N2O5/c1-13(17-11-14-6-7-15(17)10-14)22-21(24)20-9-8-16(28-20)12-27-19-5-3-2-4-18(19)23(25)26/h2-5,8-9,13-15,17H,6-7,10-12H2,1H3,(H,22,24)/t13-,14+,15+,17+/m1/s1. The fourth-order valence-corrected chi connectivity index (χ4v) is 4.75. The van der Waals surface area contributed by atoms with Crippen LogP contribution in [0.1, 0.15) is 48.9 Å². The highest BCUT2D eigenvalue weighted by Crippen LogP contribution is 2.49. The summed E-state index contributed by atoms with van der Waals surface area (Å²) in [4.78, 5) is 23.1. The Labute approximate surface area is 163 Å². The smallest absolute Gasteiger partial charge is 0.310 e. The number of carbonyl (C=O) groups is 1. The maximum Gasteiger partial charge on any atom is 0.310 e. The molecule has 0 aliphatic heterocycles. The molecule has 1 N–H and O–H groups in total. The molecule has 28 heavy (non-hydrogen) atoms. The van der Waals surface area contributed by atoms with Crippen LogP contribution in [0.25, 0.3) is 0 Å². The monoisotopic (exact) mass is 384 g/mol. The van der Waals surface area contributed by atoms with Crippen LogP contribution in [-0.4, -0.2) is 16.9 Å². The summed E-state index contributed by atoms with van der Waals surface area (Å²) in [5, 5.41) is 14.1. The molecule has 1 aromatic carbocycles. The summed E-state index contributed by atoms with van der Waals surface area (Å²) in [6, 6.07) is 9.56. The zero-order chi connectivity index (χ0) is 19.7.